The number of amides is 1. The molecule has 0 aliphatic heterocycles. The number of carbonyl (C=O) groups excluding carboxylic acids is 1. The first-order valence-corrected chi connectivity index (χ1v) is 8.11. The summed E-state index contributed by atoms with van der Waals surface area (Å²) in [5.74, 6) is -0.433. The van der Waals surface area contributed by atoms with Crippen LogP contribution in [-0.4, -0.2) is 19.1 Å². The Morgan fingerprint density at radius 1 is 1.25 bits per heavy atom. The van der Waals surface area contributed by atoms with Crippen LogP contribution < -0.4 is 5.32 Å². The fraction of sp³-hybridized carbons (Fsp3) is 0.308. The van der Waals surface area contributed by atoms with Gasteiger partial charge in [0.1, 0.15) is 5.44 Å². The second kappa shape index (κ2) is 8.22. The number of nitrogens with one attached hydrogen (secondary N) is 1. The Labute approximate surface area is 123 Å². The third kappa shape index (κ3) is 4.46. The molecule has 0 unspecified atom stereocenters. The molecule has 20 heavy (non-hydrogen) atoms. The highest BCUT2D eigenvalue weighted by Gasteiger charge is 2.31. The molecule has 0 aliphatic rings. The van der Waals surface area contributed by atoms with E-state index in [1.165, 1.54) is 0 Å². The first-order chi connectivity index (χ1) is 9.57. The zero-order valence-electron chi connectivity index (χ0n) is 11.3. The molecule has 110 valence electrons. The number of halogens is 1. The molecule has 0 saturated carbocycles. The van der Waals surface area contributed by atoms with Crippen molar-refractivity contribution in [1.82, 2.24) is 5.32 Å². The van der Waals surface area contributed by atoms with Crippen LogP contribution in [-0.2, 0) is 13.6 Å². The van der Waals surface area contributed by atoms with Gasteiger partial charge in [0.15, 0.2) is 0 Å². The summed E-state index contributed by atoms with van der Waals surface area (Å²) in [6.45, 7) is 3.70. The molecule has 0 radical (unpaired) electrons. The number of hydrogen-bond donors (Lipinski definition) is 1. The number of carbonyl (C=O) groups is 1. The molecule has 1 aromatic carbocycles. The van der Waals surface area contributed by atoms with Crippen LogP contribution in [0.1, 0.15) is 24.2 Å². The minimum Gasteiger partial charge on any atom is -0.314 e. The van der Waals surface area contributed by atoms with Gasteiger partial charge in [0.2, 0.25) is 0 Å². The second-order valence-electron chi connectivity index (χ2n) is 3.65. The van der Waals surface area contributed by atoms with Gasteiger partial charge >= 0.3 is 7.60 Å². The first-order valence-electron chi connectivity index (χ1n) is 6.13. The van der Waals surface area contributed by atoms with Gasteiger partial charge in [-0.05, 0) is 26.0 Å². The Hall–Kier alpha value is -1.13. The normalized spacial score (nSPS) is 12.2. The molecule has 0 aliphatic carbocycles. The maximum absolute atomic E-state index is 12.5. The zero-order chi connectivity index (χ0) is 15.0. The lowest BCUT2D eigenvalue weighted by Crippen LogP contribution is -2.23. The minimum atomic E-state index is -3.61. The van der Waals surface area contributed by atoms with Crippen LogP contribution in [0, 0.1) is 0 Å². The van der Waals surface area contributed by atoms with Gasteiger partial charge in [-0.3, -0.25) is 9.36 Å². The molecule has 0 spiro atoms. The monoisotopic (exact) mass is 317 g/mol. The van der Waals surface area contributed by atoms with E-state index in [2.05, 4.69) is 5.32 Å². The summed E-state index contributed by atoms with van der Waals surface area (Å²) in [7, 11) is -3.61. The molecular weight excluding hydrogens is 301 g/mol. The van der Waals surface area contributed by atoms with Gasteiger partial charge in [0.05, 0.1) is 13.2 Å². The summed E-state index contributed by atoms with van der Waals surface area (Å²) in [6, 6.07) is 8.51. The van der Waals surface area contributed by atoms with Crippen molar-refractivity contribution in [3.63, 3.8) is 0 Å². The topological polar surface area (TPSA) is 64.6 Å². The van der Waals surface area contributed by atoms with E-state index in [0.29, 0.717) is 5.56 Å². The van der Waals surface area contributed by atoms with Crippen molar-refractivity contribution in [2.24, 2.45) is 0 Å². The van der Waals surface area contributed by atoms with Crippen molar-refractivity contribution in [3.8, 4) is 0 Å². The summed E-state index contributed by atoms with van der Waals surface area (Å²) in [4.78, 5) is 12.0. The van der Waals surface area contributed by atoms with Crippen LogP contribution in [0.4, 0.5) is 0 Å². The predicted molar refractivity (Wildman–Crippen MR) is 78.7 cm³/mol. The summed E-state index contributed by atoms with van der Waals surface area (Å²) in [6.07, 6.45) is 0. The van der Waals surface area contributed by atoms with Gasteiger partial charge in [-0.15, -0.1) is 0 Å². The third-order valence-corrected chi connectivity index (χ3v) is 4.67. The van der Waals surface area contributed by atoms with E-state index >= 15 is 0 Å². The van der Waals surface area contributed by atoms with Gasteiger partial charge in [-0.1, -0.05) is 29.8 Å². The molecule has 1 rings (SSSR count). The van der Waals surface area contributed by atoms with Crippen LogP contribution in [0.2, 0.25) is 0 Å². The molecule has 0 saturated heterocycles. The molecule has 7 heteroatoms. The maximum Gasteiger partial charge on any atom is 0.378 e. The summed E-state index contributed by atoms with van der Waals surface area (Å²) >= 11 is 5.65. The third-order valence-electron chi connectivity index (χ3n) is 2.27. The molecule has 0 heterocycles. The second-order valence-corrected chi connectivity index (χ2v) is 5.86. The maximum atomic E-state index is 12.5. The lowest BCUT2D eigenvalue weighted by Gasteiger charge is -2.19. The van der Waals surface area contributed by atoms with Gasteiger partial charge in [0, 0.05) is 11.1 Å². The lowest BCUT2D eigenvalue weighted by molar-refractivity contribution is 0.0964. The molecule has 1 N–H and O–H groups in total. The number of hydrogen-bond acceptors (Lipinski definition) is 4. The Bertz CT molecular complexity index is 508. The Kier molecular flexibility index (Phi) is 6.96. The van der Waals surface area contributed by atoms with Crippen molar-refractivity contribution in [2.75, 3.05) is 13.2 Å². The molecule has 1 amide bonds. The average molecular weight is 318 g/mol. The van der Waals surface area contributed by atoms with E-state index in [-0.39, 0.29) is 18.7 Å². The van der Waals surface area contributed by atoms with Crippen LogP contribution >= 0.6 is 19.2 Å². The smallest absolute Gasteiger partial charge is 0.314 e. The largest absolute Gasteiger partial charge is 0.378 e. The van der Waals surface area contributed by atoms with Crippen LogP contribution in [0.15, 0.2) is 41.3 Å². The summed E-state index contributed by atoms with van der Waals surface area (Å²) < 4.78 is 22.8. The fourth-order valence-corrected chi connectivity index (χ4v) is 3.25. The Morgan fingerprint density at radius 3 is 2.25 bits per heavy atom. The molecule has 0 bridgehead atoms. The van der Waals surface area contributed by atoms with Crippen molar-refractivity contribution >= 4 is 25.1 Å². The average Bonchev–Trinajstić information content (AvgIpc) is 2.45. The highest BCUT2D eigenvalue weighted by molar-refractivity contribution is 7.58. The molecule has 0 atom stereocenters. The highest BCUT2D eigenvalue weighted by Crippen LogP contribution is 2.54. The van der Waals surface area contributed by atoms with Crippen LogP contribution in [0.5, 0.6) is 0 Å². The molecule has 1 aromatic rings. The van der Waals surface area contributed by atoms with Crippen LogP contribution in [0.3, 0.4) is 0 Å². The fourth-order valence-electron chi connectivity index (χ4n) is 1.45. The number of rotatable bonds is 7. The van der Waals surface area contributed by atoms with E-state index in [4.69, 9.17) is 20.6 Å². The van der Waals surface area contributed by atoms with Gasteiger partial charge in [-0.25, -0.2) is 0 Å². The van der Waals surface area contributed by atoms with E-state index < -0.39 is 13.5 Å². The van der Waals surface area contributed by atoms with E-state index in [9.17, 15) is 9.36 Å². The first kappa shape index (κ1) is 16.9. The summed E-state index contributed by atoms with van der Waals surface area (Å²) in [5.41, 5.74) is 1.35. The SMILES string of the molecule is CCOP(=O)(OCC)/C(=C/Cl)NC(=O)c1ccccc1. The van der Waals surface area contributed by atoms with E-state index in [1.54, 1.807) is 44.2 Å². The standard InChI is InChI=1S/C13H17ClNO4P/c1-3-18-20(17,19-4-2)12(10-14)15-13(16)11-8-6-5-7-9-11/h5-10H,3-4H2,1-2H3,(H,15,16)/b12-10+. The zero-order valence-corrected chi connectivity index (χ0v) is 13.0. The molecule has 0 aromatic heterocycles. The quantitative estimate of drug-likeness (QED) is 0.778. The summed E-state index contributed by atoms with van der Waals surface area (Å²) in [5, 5.41) is 2.47. The van der Waals surface area contributed by atoms with E-state index in [1.807, 2.05) is 0 Å². The van der Waals surface area contributed by atoms with E-state index in [0.717, 1.165) is 5.54 Å². The highest BCUT2D eigenvalue weighted by atomic mass is 35.5. The molecule has 0 fully saturated rings. The number of benzene rings is 1. The van der Waals surface area contributed by atoms with Crippen LogP contribution in [0.25, 0.3) is 0 Å². The Morgan fingerprint density at radius 2 is 1.80 bits per heavy atom. The van der Waals surface area contributed by atoms with Crippen molar-refractivity contribution in [3.05, 3.63) is 46.9 Å². The molecule has 5 nitrogen and oxygen atoms in total. The minimum absolute atomic E-state index is 0.0725. The lowest BCUT2D eigenvalue weighted by atomic mass is 10.2. The van der Waals surface area contributed by atoms with Crippen molar-refractivity contribution in [1.29, 1.82) is 0 Å². The van der Waals surface area contributed by atoms with Gasteiger partial charge in [0.25, 0.3) is 5.91 Å². The van der Waals surface area contributed by atoms with Gasteiger partial charge < -0.3 is 14.4 Å². The van der Waals surface area contributed by atoms with Crippen molar-refractivity contribution in [2.45, 2.75) is 13.8 Å². The van der Waals surface area contributed by atoms with Crippen molar-refractivity contribution < 1.29 is 18.4 Å². The Balaban J connectivity index is 2.91. The predicted octanol–water partition coefficient (Wildman–Crippen LogP) is 3.72. The van der Waals surface area contributed by atoms with Gasteiger partial charge in [-0.2, -0.15) is 0 Å². The molecular formula is C13H17ClNO4P.